The molecule has 0 saturated carbocycles. The molecule has 0 saturated heterocycles. The molecule has 1 aromatic heterocycles. The van der Waals surface area contributed by atoms with Crippen molar-refractivity contribution in [3.8, 4) is 6.07 Å². The molecule has 112 valence electrons. The van der Waals surface area contributed by atoms with Crippen LogP contribution in [0.2, 0.25) is 0 Å². The van der Waals surface area contributed by atoms with Crippen molar-refractivity contribution in [2.75, 3.05) is 11.6 Å². The first-order valence-corrected chi connectivity index (χ1v) is 9.27. The summed E-state index contributed by atoms with van der Waals surface area (Å²) in [5, 5.41) is 13.0. The van der Waals surface area contributed by atoms with Crippen LogP contribution in [0.4, 0.5) is 5.00 Å². The molecule has 0 bridgehead atoms. The SMILES string of the molecule is CSc1ccc(C(=O)Nc2sc3c(c2C#N)CCCC3)cc1. The van der Waals surface area contributed by atoms with E-state index < -0.39 is 0 Å². The zero-order chi connectivity index (χ0) is 15.5. The summed E-state index contributed by atoms with van der Waals surface area (Å²) < 4.78 is 0. The van der Waals surface area contributed by atoms with Crippen LogP contribution >= 0.6 is 23.1 Å². The quantitative estimate of drug-likeness (QED) is 0.846. The summed E-state index contributed by atoms with van der Waals surface area (Å²) in [5.74, 6) is -0.150. The molecule has 0 aliphatic heterocycles. The number of fused-ring (bicyclic) bond motifs is 1. The molecule has 3 rings (SSSR count). The lowest BCUT2D eigenvalue weighted by Gasteiger charge is -2.09. The maximum absolute atomic E-state index is 12.4. The maximum Gasteiger partial charge on any atom is 0.256 e. The first-order valence-electron chi connectivity index (χ1n) is 7.23. The standard InChI is InChI=1S/C17H16N2OS2/c1-21-12-8-6-11(7-9-12)16(20)19-17-14(10-18)13-4-2-3-5-15(13)22-17/h6-9H,2-5H2,1H3,(H,19,20). The predicted molar refractivity (Wildman–Crippen MR) is 91.9 cm³/mol. The number of benzene rings is 1. The van der Waals surface area contributed by atoms with Gasteiger partial charge in [0.1, 0.15) is 11.1 Å². The Balaban J connectivity index is 1.84. The average Bonchev–Trinajstić information content (AvgIpc) is 2.91. The summed E-state index contributed by atoms with van der Waals surface area (Å²) in [4.78, 5) is 14.8. The van der Waals surface area contributed by atoms with Crippen LogP contribution in [-0.4, -0.2) is 12.2 Å². The summed E-state index contributed by atoms with van der Waals surface area (Å²) in [6.45, 7) is 0. The Morgan fingerprint density at radius 2 is 2.00 bits per heavy atom. The number of rotatable bonds is 3. The van der Waals surface area contributed by atoms with Gasteiger partial charge < -0.3 is 5.32 Å². The van der Waals surface area contributed by atoms with Crippen molar-refractivity contribution in [2.45, 2.75) is 30.6 Å². The third-order valence-electron chi connectivity index (χ3n) is 3.86. The van der Waals surface area contributed by atoms with Crippen LogP contribution in [-0.2, 0) is 12.8 Å². The fourth-order valence-electron chi connectivity index (χ4n) is 2.69. The summed E-state index contributed by atoms with van der Waals surface area (Å²) in [7, 11) is 0. The normalized spacial score (nSPS) is 13.3. The summed E-state index contributed by atoms with van der Waals surface area (Å²) in [5.41, 5.74) is 2.42. The van der Waals surface area contributed by atoms with E-state index in [4.69, 9.17) is 0 Å². The highest BCUT2D eigenvalue weighted by atomic mass is 32.2. The number of nitrogens with zero attached hydrogens (tertiary/aromatic N) is 1. The van der Waals surface area contributed by atoms with Gasteiger partial charge in [0.05, 0.1) is 5.56 Å². The zero-order valence-electron chi connectivity index (χ0n) is 12.3. The Labute approximate surface area is 138 Å². The molecular formula is C17H16N2OS2. The van der Waals surface area contributed by atoms with Crippen LogP contribution in [0, 0.1) is 11.3 Å². The lowest BCUT2D eigenvalue weighted by atomic mass is 9.96. The van der Waals surface area contributed by atoms with Crippen molar-refractivity contribution in [1.82, 2.24) is 0 Å². The van der Waals surface area contributed by atoms with Gasteiger partial charge in [0.25, 0.3) is 5.91 Å². The fraction of sp³-hybridized carbons (Fsp3) is 0.294. The van der Waals surface area contributed by atoms with E-state index in [0.717, 1.165) is 29.7 Å². The highest BCUT2D eigenvalue weighted by molar-refractivity contribution is 7.98. The number of carbonyl (C=O) groups excluding carboxylic acids is 1. The van der Waals surface area contributed by atoms with E-state index in [1.807, 2.05) is 30.5 Å². The van der Waals surface area contributed by atoms with Gasteiger partial charge in [-0.1, -0.05) is 0 Å². The molecular weight excluding hydrogens is 312 g/mol. The van der Waals surface area contributed by atoms with Crippen molar-refractivity contribution < 1.29 is 4.79 Å². The van der Waals surface area contributed by atoms with Gasteiger partial charge in [-0.05, 0) is 61.8 Å². The van der Waals surface area contributed by atoms with Gasteiger partial charge in [-0.15, -0.1) is 23.1 Å². The van der Waals surface area contributed by atoms with Crippen LogP contribution < -0.4 is 5.32 Å². The van der Waals surface area contributed by atoms with E-state index in [9.17, 15) is 10.1 Å². The summed E-state index contributed by atoms with van der Waals surface area (Å²) in [6, 6.07) is 9.78. The van der Waals surface area contributed by atoms with Gasteiger partial charge in [0, 0.05) is 15.3 Å². The molecule has 1 N–H and O–H groups in total. The second-order valence-electron chi connectivity index (χ2n) is 5.21. The van der Waals surface area contributed by atoms with E-state index in [1.54, 1.807) is 23.1 Å². The monoisotopic (exact) mass is 328 g/mol. The Morgan fingerprint density at radius 3 is 2.68 bits per heavy atom. The van der Waals surface area contributed by atoms with Crippen LogP contribution in [0.25, 0.3) is 0 Å². The lowest BCUT2D eigenvalue weighted by Crippen LogP contribution is -2.11. The van der Waals surface area contributed by atoms with Gasteiger partial charge in [-0.3, -0.25) is 4.79 Å². The number of thioether (sulfide) groups is 1. The topological polar surface area (TPSA) is 52.9 Å². The average molecular weight is 328 g/mol. The van der Waals surface area contributed by atoms with Crippen molar-refractivity contribution in [3.63, 3.8) is 0 Å². The van der Waals surface area contributed by atoms with Gasteiger partial charge in [0.15, 0.2) is 0 Å². The Hall–Kier alpha value is -1.77. The number of thiophene rings is 1. The minimum atomic E-state index is -0.150. The van der Waals surface area contributed by atoms with Crippen LogP contribution in [0.5, 0.6) is 0 Å². The molecule has 1 aromatic carbocycles. The molecule has 5 heteroatoms. The molecule has 1 heterocycles. The third-order valence-corrected chi connectivity index (χ3v) is 5.81. The number of anilines is 1. The van der Waals surface area contributed by atoms with Crippen molar-refractivity contribution in [1.29, 1.82) is 5.26 Å². The minimum absolute atomic E-state index is 0.150. The van der Waals surface area contributed by atoms with E-state index in [0.29, 0.717) is 16.1 Å². The number of carbonyl (C=O) groups is 1. The molecule has 0 radical (unpaired) electrons. The van der Waals surface area contributed by atoms with Crippen LogP contribution in [0.1, 0.15) is 39.2 Å². The fourth-order valence-corrected chi connectivity index (χ4v) is 4.33. The highest BCUT2D eigenvalue weighted by Gasteiger charge is 2.22. The molecule has 1 aliphatic carbocycles. The smallest absolute Gasteiger partial charge is 0.256 e. The largest absolute Gasteiger partial charge is 0.312 e. The molecule has 1 aliphatic rings. The van der Waals surface area contributed by atoms with E-state index >= 15 is 0 Å². The van der Waals surface area contributed by atoms with Gasteiger partial charge in [-0.2, -0.15) is 5.26 Å². The Kier molecular flexibility index (Phi) is 4.51. The number of nitriles is 1. The maximum atomic E-state index is 12.4. The molecule has 0 fully saturated rings. The van der Waals surface area contributed by atoms with Gasteiger partial charge in [-0.25, -0.2) is 0 Å². The molecule has 3 nitrogen and oxygen atoms in total. The molecule has 0 spiro atoms. The van der Waals surface area contributed by atoms with E-state index in [1.165, 1.54) is 11.3 Å². The number of amides is 1. The van der Waals surface area contributed by atoms with Crippen LogP contribution in [0.3, 0.4) is 0 Å². The van der Waals surface area contributed by atoms with Crippen molar-refractivity contribution in [2.24, 2.45) is 0 Å². The number of nitrogens with one attached hydrogen (secondary N) is 1. The van der Waals surface area contributed by atoms with Crippen LogP contribution in [0.15, 0.2) is 29.2 Å². The van der Waals surface area contributed by atoms with Crippen molar-refractivity contribution in [3.05, 3.63) is 45.8 Å². The highest BCUT2D eigenvalue weighted by Crippen LogP contribution is 2.37. The third kappa shape index (κ3) is 2.90. The summed E-state index contributed by atoms with van der Waals surface area (Å²) >= 11 is 3.20. The summed E-state index contributed by atoms with van der Waals surface area (Å²) in [6.07, 6.45) is 6.27. The number of hydrogen-bond acceptors (Lipinski definition) is 4. The Morgan fingerprint density at radius 1 is 1.27 bits per heavy atom. The lowest BCUT2D eigenvalue weighted by molar-refractivity contribution is 0.102. The Bertz CT molecular complexity index is 741. The molecule has 1 amide bonds. The molecule has 0 unspecified atom stereocenters. The first kappa shape index (κ1) is 15.1. The second kappa shape index (κ2) is 6.55. The molecule has 22 heavy (non-hydrogen) atoms. The number of aryl methyl sites for hydroxylation is 1. The van der Waals surface area contributed by atoms with E-state index in [-0.39, 0.29) is 5.91 Å². The molecule has 0 atom stereocenters. The van der Waals surface area contributed by atoms with Crippen molar-refractivity contribution >= 4 is 34.0 Å². The van der Waals surface area contributed by atoms with E-state index in [2.05, 4.69) is 11.4 Å². The minimum Gasteiger partial charge on any atom is -0.312 e. The second-order valence-corrected chi connectivity index (χ2v) is 7.19. The number of hydrogen-bond donors (Lipinski definition) is 1. The van der Waals surface area contributed by atoms with Gasteiger partial charge >= 0.3 is 0 Å². The first-order chi connectivity index (χ1) is 10.7. The zero-order valence-corrected chi connectivity index (χ0v) is 13.9. The molecule has 2 aromatic rings. The predicted octanol–water partition coefficient (Wildman–Crippen LogP) is 4.47. The van der Waals surface area contributed by atoms with Gasteiger partial charge in [0.2, 0.25) is 0 Å².